The van der Waals surface area contributed by atoms with Crippen molar-refractivity contribution in [1.29, 1.82) is 0 Å². The molecule has 0 spiro atoms. The summed E-state index contributed by atoms with van der Waals surface area (Å²) in [6.07, 6.45) is 1.23. The molecule has 0 bridgehead atoms. The highest BCUT2D eigenvalue weighted by atomic mass is 32.2. The normalized spacial score (nSPS) is 11.5. The number of nitrogens with one attached hydrogen (secondary N) is 1. The fraction of sp³-hybridized carbons (Fsp3) is 0.222. The molecule has 0 unspecified atom stereocenters. The molecule has 0 aliphatic rings. The summed E-state index contributed by atoms with van der Waals surface area (Å²) < 4.78 is 35.2. The first-order valence-corrected chi connectivity index (χ1v) is 7.22. The summed E-state index contributed by atoms with van der Waals surface area (Å²) in [4.78, 5) is 10.7. The summed E-state index contributed by atoms with van der Waals surface area (Å²) in [5, 5.41) is 12.8. The van der Waals surface area contributed by atoms with E-state index in [4.69, 9.17) is 9.52 Å². The molecule has 0 aliphatic heterocycles. The highest BCUT2D eigenvalue weighted by molar-refractivity contribution is 7.93. The topological polar surface area (TPSA) is 122 Å². The minimum absolute atomic E-state index is 0.0138. The maximum atomic E-state index is 12.2. The van der Waals surface area contributed by atoms with Crippen LogP contribution in [0.1, 0.15) is 21.9 Å². The number of hydrogen-bond acceptors (Lipinski definition) is 7. The van der Waals surface area contributed by atoms with Gasteiger partial charge in [-0.05, 0) is 13.8 Å². The molecule has 0 atom stereocenters. The van der Waals surface area contributed by atoms with Crippen molar-refractivity contribution in [3.05, 3.63) is 23.3 Å². The number of aromatic nitrogens is 2. The zero-order chi connectivity index (χ0) is 14.2. The summed E-state index contributed by atoms with van der Waals surface area (Å²) in [5.74, 6) is -1.31. The summed E-state index contributed by atoms with van der Waals surface area (Å²) in [6, 6.07) is 0. The Balaban J connectivity index is 2.55. The number of carboxylic acid groups (broad SMARTS) is 1. The molecule has 2 aromatic heterocycles. The number of anilines is 1. The van der Waals surface area contributed by atoms with Gasteiger partial charge in [0.2, 0.25) is 0 Å². The maximum Gasteiger partial charge on any atom is 0.340 e. The summed E-state index contributed by atoms with van der Waals surface area (Å²) >= 11 is 0.842. The lowest BCUT2D eigenvalue weighted by molar-refractivity contribution is 0.0691. The number of aromatic carboxylic acids is 1. The number of sulfonamides is 1. The number of carboxylic acids is 1. The number of nitrogens with zero attached hydrogens (tertiary/aromatic N) is 2. The fourth-order valence-corrected chi connectivity index (χ4v) is 3.72. The molecule has 8 nitrogen and oxygen atoms in total. The molecule has 0 saturated heterocycles. The predicted octanol–water partition coefficient (Wildman–Crippen LogP) is 1.25. The fourth-order valence-electron chi connectivity index (χ4n) is 1.63. The molecule has 102 valence electrons. The van der Waals surface area contributed by atoms with Gasteiger partial charge in [-0.2, -0.15) is 0 Å². The highest BCUT2D eigenvalue weighted by Crippen LogP contribution is 2.28. The van der Waals surface area contributed by atoms with E-state index < -0.39 is 16.0 Å². The van der Waals surface area contributed by atoms with Crippen molar-refractivity contribution in [1.82, 2.24) is 9.59 Å². The van der Waals surface area contributed by atoms with E-state index in [1.54, 1.807) is 0 Å². The van der Waals surface area contributed by atoms with Crippen molar-refractivity contribution in [2.45, 2.75) is 18.7 Å². The van der Waals surface area contributed by atoms with E-state index >= 15 is 0 Å². The molecule has 2 aromatic rings. The first kappa shape index (κ1) is 13.5. The maximum absolute atomic E-state index is 12.2. The smallest absolute Gasteiger partial charge is 0.340 e. The first-order chi connectivity index (χ1) is 8.83. The van der Waals surface area contributed by atoms with Crippen molar-refractivity contribution >= 4 is 32.5 Å². The van der Waals surface area contributed by atoms with Crippen LogP contribution in [0.5, 0.6) is 0 Å². The number of furan rings is 1. The van der Waals surface area contributed by atoms with Crippen LogP contribution >= 0.6 is 11.5 Å². The second-order valence-corrected chi connectivity index (χ2v) is 6.02. The second-order valence-electron chi connectivity index (χ2n) is 3.61. The molecule has 2 heterocycles. The third-order valence-corrected chi connectivity index (χ3v) is 4.51. The lowest BCUT2D eigenvalue weighted by Crippen LogP contribution is -2.16. The van der Waals surface area contributed by atoms with E-state index in [1.165, 1.54) is 20.0 Å². The van der Waals surface area contributed by atoms with Crippen molar-refractivity contribution in [2.24, 2.45) is 0 Å². The quantitative estimate of drug-likeness (QED) is 0.871. The standard InChI is InChI=1S/C9H9N3O5S2/c1-4-7(9(13)14)8(5(2)17-4)19(15,16)11-6-3-10-12-18-6/h3,11H,1-2H3,(H,13,14). The Kier molecular flexibility index (Phi) is 3.28. The lowest BCUT2D eigenvalue weighted by atomic mass is 10.2. The van der Waals surface area contributed by atoms with E-state index in [2.05, 4.69) is 14.3 Å². The monoisotopic (exact) mass is 303 g/mol. The van der Waals surface area contributed by atoms with Crippen LogP contribution in [0.15, 0.2) is 15.5 Å². The van der Waals surface area contributed by atoms with Gasteiger partial charge in [-0.25, -0.2) is 13.2 Å². The zero-order valence-corrected chi connectivity index (χ0v) is 11.5. The number of aryl methyl sites for hydroxylation is 2. The van der Waals surface area contributed by atoms with Gasteiger partial charge < -0.3 is 9.52 Å². The Bertz CT molecular complexity index is 717. The van der Waals surface area contributed by atoms with Crippen LogP contribution in [0, 0.1) is 13.8 Å². The lowest BCUT2D eigenvalue weighted by Gasteiger charge is -2.04. The SMILES string of the molecule is Cc1oc(C)c(S(=O)(=O)Nc2cnns2)c1C(=O)O. The minimum Gasteiger partial charge on any atom is -0.478 e. The molecule has 19 heavy (non-hydrogen) atoms. The third kappa shape index (κ3) is 2.44. The molecule has 0 radical (unpaired) electrons. The van der Waals surface area contributed by atoms with Gasteiger partial charge in [-0.15, -0.1) is 5.10 Å². The van der Waals surface area contributed by atoms with Crippen LogP contribution in [0.4, 0.5) is 5.00 Å². The molecule has 10 heteroatoms. The molecular weight excluding hydrogens is 294 g/mol. The predicted molar refractivity (Wildman–Crippen MR) is 65.9 cm³/mol. The van der Waals surface area contributed by atoms with E-state index in [1.807, 2.05) is 0 Å². The minimum atomic E-state index is -4.06. The molecule has 0 aliphatic carbocycles. The van der Waals surface area contributed by atoms with E-state index in [0.717, 1.165) is 11.5 Å². The average molecular weight is 303 g/mol. The number of hydrogen-bond donors (Lipinski definition) is 2. The van der Waals surface area contributed by atoms with Gasteiger partial charge in [0, 0.05) is 11.5 Å². The van der Waals surface area contributed by atoms with Gasteiger partial charge in [-0.1, -0.05) is 4.49 Å². The van der Waals surface area contributed by atoms with Crippen LogP contribution in [0.3, 0.4) is 0 Å². The van der Waals surface area contributed by atoms with E-state index in [0.29, 0.717) is 0 Å². The van der Waals surface area contributed by atoms with E-state index in [-0.39, 0.29) is 27.0 Å². The van der Waals surface area contributed by atoms with Crippen LogP contribution in [0.25, 0.3) is 0 Å². The molecule has 0 amide bonds. The van der Waals surface area contributed by atoms with Crippen molar-refractivity contribution in [3.8, 4) is 0 Å². The van der Waals surface area contributed by atoms with Crippen molar-refractivity contribution < 1.29 is 22.7 Å². The van der Waals surface area contributed by atoms with Gasteiger partial charge in [0.05, 0.1) is 6.20 Å². The first-order valence-electron chi connectivity index (χ1n) is 4.96. The Morgan fingerprint density at radius 3 is 2.63 bits per heavy atom. The Hall–Kier alpha value is -1.94. The summed E-state index contributed by atoms with van der Waals surface area (Å²) in [6.45, 7) is 2.78. The Morgan fingerprint density at radius 2 is 2.11 bits per heavy atom. The largest absolute Gasteiger partial charge is 0.478 e. The molecule has 0 fully saturated rings. The van der Waals surface area contributed by atoms with Gasteiger partial charge in [0.15, 0.2) is 0 Å². The Morgan fingerprint density at radius 1 is 1.42 bits per heavy atom. The van der Waals surface area contributed by atoms with E-state index in [9.17, 15) is 13.2 Å². The van der Waals surface area contributed by atoms with Crippen LogP contribution in [-0.2, 0) is 10.0 Å². The average Bonchev–Trinajstić information content (AvgIpc) is 2.85. The molecule has 2 N–H and O–H groups in total. The molecule has 0 aromatic carbocycles. The Labute approximate surface area is 112 Å². The summed E-state index contributed by atoms with van der Waals surface area (Å²) in [7, 11) is -4.06. The number of rotatable bonds is 4. The van der Waals surface area contributed by atoms with Crippen molar-refractivity contribution in [2.75, 3.05) is 4.72 Å². The molecular formula is C9H9N3O5S2. The number of carbonyl (C=O) groups is 1. The second kappa shape index (κ2) is 4.63. The van der Waals surface area contributed by atoms with Crippen LogP contribution in [0.2, 0.25) is 0 Å². The van der Waals surface area contributed by atoms with Gasteiger partial charge >= 0.3 is 5.97 Å². The van der Waals surface area contributed by atoms with Gasteiger partial charge in [-0.3, -0.25) is 4.72 Å². The summed E-state index contributed by atoms with van der Waals surface area (Å²) in [5.41, 5.74) is -0.373. The third-order valence-electron chi connectivity index (χ3n) is 2.28. The van der Waals surface area contributed by atoms with Gasteiger partial charge in [0.25, 0.3) is 10.0 Å². The molecule has 2 rings (SSSR count). The highest BCUT2D eigenvalue weighted by Gasteiger charge is 2.31. The van der Waals surface area contributed by atoms with Crippen LogP contribution in [-0.4, -0.2) is 29.1 Å². The van der Waals surface area contributed by atoms with Crippen LogP contribution < -0.4 is 4.72 Å². The molecule has 0 saturated carbocycles. The van der Waals surface area contributed by atoms with Crippen molar-refractivity contribution in [3.63, 3.8) is 0 Å². The zero-order valence-electron chi connectivity index (χ0n) is 9.87. The van der Waals surface area contributed by atoms with Gasteiger partial charge in [0.1, 0.15) is 27.0 Å².